The number of carboxylic acid groups (broad SMARTS) is 2. The zero-order chi connectivity index (χ0) is 12.3. The van der Waals surface area contributed by atoms with Crippen molar-refractivity contribution in [2.24, 2.45) is 5.84 Å². The number of thioether (sulfide) groups is 1. The number of nitrogens with two attached hydrogens (primary N) is 1. The standard InChI is InChI=1S/C5H12N2O2S.C3H4O2/c1-10-3-2-4(7-6)5(8)9;1-2-3(4)5/h4,7H,2-3,6H2,1H3,(H,8,9);2H,1H2,(H,4,5)/t4-;/m0./s1. The van der Waals surface area contributed by atoms with Gasteiger partial charge in [0, 0.05) is 6.08 Å². The van der Waals surface area contributed by atoms with Crippen LogP contribution in [0.3, 0.4) is 0 Å². The van der Waals surface area contributed by atoms with Crippen molar-refractivity contribution in [1.82, 2.24) is 5.43 Å². The highest BCUT2D eigenvalue weighted by atomic mass is 32.2. The van der Waals surface area contributed by atoms with Crippen molar-refractivity contribution in [3.63, 3.8) is 0 Å². The highest BCUT2D eigenvalue weighted by Gasteiger charge is 2.13. The molecule has 0 bridgehead atoms. The van der Waals surface area contributed by atoms with Gasteiger partial charge in [-0.2, -0.15) is 11.8 Å². The fourth-order valence-corrected chi connectivity index (χ4v) is 0.985. The zero-order valence-corrected chi connectivity index (χ0v) is 9.29. The van der Waals surface area contributed by atoms with Gasteiger partial charge in [-0.15, -0.1) is 0 Å². The van der Waals surface area contributed by atoms with Crippen molar-refractivity contribution in [2.75, 3.05) is 12.0 Å². The highest BCUT2D eigenvalue weighted by molar-refractivity contribution is 7.98. The second-order valence-corrected chi connectivity index (χ2v) is 3.37. The normalized spacial score (nSPS) is 10.8. The summed E-state index contributed by atoms with van der Waals surface area (Å²) < 4.78 is 0. The lowest BCUT2D eigenvalue weighted by Gasteiger charge is -2.08. The molecular formula is C8H16N2O4S. The van der Waals surface area contributed by atoms with E-state index in [1.165, 1.54) is 0 Å². The Labute approximate surface area is 92.5 Å². The first-order valence-electron chi connectivity index (χ1n) is 4.02. The van der Waals surface area contributed by atoms with E-state index in [0.717, 1.165) is 11.8 Å². The summed E-state index contributed by atoms with van der Waals surface area (Å²) in [6.45, 7) is 2.96. The van der Waals surface area contributed by atoms with Gasteiger partial charge in [-0.3, -0.25) is 10.6 Å². The number of hydrazine groups is 1. The second-order valence-electron chi connectivity index (χ2n) is 2.38. The molecule has 0 amide bonds. The van der Waals surface area contributed by atoms with Crippen molar-refractivity contribution >= 4 is 23.7 Å². The molecule has 6 nitrogen and oxygen atoms in total. The van der Waals surface area contributed by atoms with E-state index < -0.39 is 18.0 Å². The van der Waals surface area contributed by atoms with E-state index in [9.17, 15) is 9.59 Å². The quantitative estimate of drug-likeness (QED) is 0.289. The molecule has 0 aliphatic rings. The first kappa shape index (κ1) is 16.4. The van der Waals surface area contributed by atoms with E-state index in [0.29, 0.717) is 6.42 Å². The van der Waals surface area contributed by atoms with E-state index >= 15 is 0 Å². The van der Waals surface area contributed by atoms with E-state index in [-0.39, 0.29) is 0 Å². The molecule has 7 heteroatoms. The van der Waals surface area contributed by atoms with Gasteiger partial charge in [-0.25, -0.2) is 10.2 Å². The predicted octanol–water partition coefficient (Wildman–Crippen LogP) is -0.0870. The number of nitrogens with one attached hydrogen (secondary N) is 1. The molecule has 0 fully saturated rings. The Morgan fingerprint density at radius 3 is 2.27 bits per heavy atom. The monoisotopic (exact) mass is 236 g/mol. The van der Waals surface area contributed by atoms with Gasteiger partial charge in [-0.1, -0.05) is 6.58 Å². The van der Waals surface area contributed by atoms with E-state index in [1.54, 1.807) is 11.8 Å². The summed E-state index contributed by atoms with van der Waals surface area (Å²) in [5.41, 5.74) is 2.22. The van der Waals surface area contributed by atoms with Crippen LogP contribution in [-0.4, -0.2) is 40.2 Å². The Morgan fingerprint density at radius 1 is 1.60 bits per heavy atom. The molecule has 0 saturated heterocycles. The van der Waals surface area contributed by atoms with E-state index in [2.05, 4.69) is 12.0 Å². The maximum absolute atomic E-state index is 10.3. The largest absolute Gasteiger partial charge is 0.480 e. The number of carboxylic acids is 2. The van der Waals surface area contributed by atoms with Gasteiger partial charge in [0.1, 0.15) is 6.04 Å². The lowest BCUT2D eigenvalue weighted by molar-refractivity contribution is -0.139. The first-order valence-corrected chi connectivity index (χ1v) is 5.42. The Kier molecular flexibility index (Phi) is 12.0. The van der Waals surface area contributed by atoms with Gasteiger partial charge in [0.05, 0.1) is 0 Å². The van der Waals surface area contributed by atoms with Gasteiger partial charge in [0.2, 0.25) is 0 Å². The summed E-state index contributed by atoms with van der Waals surface area (Å²) in [5.74, 6) is 3.91. The summed E-state index contributed by atoms with van der Waals surface area (Å²) in [4.78, 5) is 19.5. The molecule has 1 atom stereocenters. The van der Waals surface area contributed by atoms with Crippen molar-refractivity contribution < 1.29 is 19.8 Å². The average Bonchev–Trinajstić information content (AvgIpc) is 2.19. The van der Waals surface area contributed by atoms with Crippen LogP contribution >= 0.6 is 11.8 Å². The molecule has 0 spiro atoms. The van der Waals surface area contributed by atoms with E-state index in [1.807, 2.05) is 6.26 Å². The summed E-state index contributed by atoms with van der Waals surface area (Å²) in [7, 11) is 0. The van der Waals surface area contributed by atoms with Gasteiger partial charge >= 0.3 is 11.9 Å². The molecule has 0 unspecified atom stereocenters. The molecule has 5 N–H and O–H groups in total. The topological polar surface area (TPSA) is 113 Å². The Morgan fingerprint density at radius 2 is 2.07 bits per heavy atom. The smallest absolute Gasteiger partial charge is 0.327 e. The summed E-state index contributed by atoms with van der Waals surface area (Å²) in [6, 6.07) is -0.604. The maximum Gasteiger partial charge on any atom is 0.327 e. The molecule has 0 heterocycles. The SMILES string of the molecule is C=CC(=O)O.CSCC[C@H](NN)C(=O)O. The van der Waals surface area contributed by atoms with Crippen LogP contribution < -0.4 is 11.3 Å². The van der Waals surface area contributed by atoms with Crippen LogP contribution in [0.2, 0.25) is 0 Å². The summed E-state index contributed by atoms with van der Waals surface area (Å²) in [5, 5.41) is 16.1. The minimum absolute atomic E-state index is 0.562. The minimum Gasteiger partial charge on any atom is -0.480 e. The van der Waals surface area contributed by atoms with Gasteiger partial charge < -0.3 is 10.2 Å². The van der Waals surface area contributed by atoms with E-state index in [4.69, 9.17) is 16.1 Å². The number of carbonyl (C=O) groups is 2. The van der Waals surface area contributed by atoms with Crippen LogP contribution in [0.5, 0.6) is 0 Å². The van der Waals surface area contributed by atoms with Gasteiger partial charge in [0.15, 0.2) is 0 Å². The molecule has 0 saturated carbocycles. The fourth-order valence-electron chi connectivity index (χ4n) is 0.514. The summed E-state index contributed by atoms with van der Waals surface area (Å²) >= 11 is 1.60. The van der Waals surface area contributed by atoms with Gasteiger partial charge in [0.25, 0.3) is 0 Å². The molecule has 0 aliphatic heterocycles. The Bertz CT molecular complexity index is 211. The van der Waals surface area contributed by atoms with Crippen LogP contribution in [0.4, 0.5) is 0 Å². The van der Waals surface area contributed by atoms with Crippen LogP contribution in [0.15, 0.2) is 12.7 Å². The number of hydrogen-bond acceptors (Lipinski definition) is 5. The molecule has 0 radical (unpaired) electrons. The second kappa shape index (κ2) is 11.0. The maximum atomic E-state index is 10.3. The third-order valence-corrected chi connectivity index (χ3v) is 1.93. The van der Waals surface area contributed by atoms with Crippen LogP contribution in [0.1, 0.15) is 6.42 Å². The number of aliphatic carboxylic acids is 2. The average molecular weight is 236 g/mol. The van der Waals surface area contributed by atoms with Crippen LogP contribution in [0.25, 0.3) is 0 Å². The third kappa shape index (κ3) is 12.9. The zero-order valence-electron chi connectivity index (χ0n) is 8.47. The van der Waals surface area contributed by atoms with Crippen molar-refractivity contribution in [2.45, 2.75) is 12.5 Å². The predicted molar refractivity (Wildman–Crippen MR) is 59.6 cm³/mol. The lowest BCUT2D eigenvalue weighted by Crippen LogP contribution is -2.41. The number of rotatable bonds is 6. The van der Waals surface area contributed by atoms with Crippen molar-refractivity contribution in [3.8, 4) is 0 Å². The van der Waals surface area contributed by atoms with Gasteiger partial charge in [-0.05, 0) is 18.4 Å². The van der Waals surface area contributed by atoms with Crippen molar-refractivity contribution in [1.29, 1.82) is 0 Å². The molecule has 0 aromatic carbocycles. The summed E-state index contributed by atoms with van der Waals surface area (Å²) in [6.07, 6.45) is 3.32. The molecule has 0 rings (SSSR count). The van der Waals surface area contributed by atoms with Crippen LogP contribution in [-0.2, 0) is 9.59 Å². The Balaban J connectivity index is 0. The molecular weight excluding hydrogens is 220 g/mol. The van der Waals surface area contributed by atoms with Crippen LogP contribution in [0, 0.1) is 0 Å². The van der Waals surface area contributed by atoms with Crippen molar-refractivity contribution in [3.05, 3.63) is 12.7 Å². The first-order chi connectivity index (χ1) is 6.99. The molecule has 88 valence electrons. The molecule has 0 aliphatic carbocycles. The minimum atomic E-state index is -0.981. The lowest BCUT2D eigenvalue weighted by atomic mass is 10.2. The fraction of sp³-hybridized carbons (Fsp3) is 0.500. The number of hydrogen-bond donors (Lipinski definition) is 4. The third-order valence-electron chi connectivity index (χ3n) is 1.28. The molecule has 0 aromatic heterocycles. The highest BCUT2D eigenvalue weighted by Crippen LogP contribution is 1.99. The molecule has 0 aromatic rings. The molecule has 15 heavy (non-hydrogen) atoms. The Hall–Kier alpha value is -1.05.